The molecule has 0 spiro atoms. The first-order valence-electron chi connectivity index (χ1n) is 7.55. The molecule has 0 aliphatic carbocycles. The summed E-state index contributed by atoms with van der Waals surface area (Å²) < 4.78 is 0. The highest BCUT2D eigenvalue weighted by molar-refractivity contribution is 5.79. The maximum absolute atomic E-state index is 12.4. The van der Waals surface area contributed by atoms with E-state index in [1.807, 2.05) is 37.3 Å². The third-order valence-corrected chi connectivity index (χ3v) is 3.77. The van der Waals surface area contributed by atoms with E-state index in [-0.39, 0.29) is 18.4 Å². The molecule has 0 aromatic heterocycles. The predicted octanol–water partition coefficient (Wildman–Crippen LogP) is 3.23. The summed E-state index contributed by atoms with van der Waals surface area (Å²) >= 11 is 0. The molecule has 1 unspecified atom stereocenters. The molecule has 2 N–H and O–H groups in total. The normalized spacial score (nSPS) is 14.1. The van der Waals surface area contributed by atoms with Gasteiger partial charge in [0.05, 0.1) is 12.1 Å². The molecule has 3 nitrogen and oxygen atoms in total. The van der Waals surface area contributed by atoms with Gasteiger partial charge in [-0.2, -0.15) is 0 Å². The fraction of sp³-hybridized carbons (Fsp3) is 0.588. The van der Waals surface area contributed by atoms with E-state index in [1.165, 1.54) is 0 Å². The van der Waals surface area contributed by atoms with Crippen LogP contribution in [0.15, 0.2) is 30.3 Å². The molecule has 0 heterocycles. The zero-order valence-electron chi connectivity index (χ0n) is 12.9. The van der Waals surface area contributed by atoms with E-state index in [9.17, 15) is 9.90 Å². The van der Waals surface area contributed by atoms with E-state index < -0.39 is 5.54 Å². The summed E-state index contributed by atoms with van der Waals surface area (Å²) in [6.45, 7) is 5.96. The van der Waals surface area contributed by atoms with Gasteiger partial charge in [0.2, 0.25) is 5.91 Å². The van der Waals surface area contributed by atoms with Crippen molar-refractivity contribution in [3.63, 3.8) is 0 Å². The lowest BCUT2D eigenvalue weighted by molar-refractivity contribution is -0.128. The van der Waals surface area contributed by atoms with Crippen LogP contribution in [0.3, 0.4) is 0 Å². The van der Waals surface area contributed by atoms with Crippen LogP contribution in [0.1, 0.15) is 52.0 Å². The van der Waals surface area contributed by atoms with Crippen LogP contribution in [-0.2, 0) is 10.3 Å². The minimum Gasteiger partial charge on any atom is -0.394 e. The molecule has 0 bridgehead atoms. The molecular weight excluding hydrogens is 250 g/mol. The molecule has 0 saturated heterocycles. The molecule has 3 heteroatoms. The van der Waals surface area contributed by atoms with Gasteiger partial charge in [-0.15, -0.1) is 0 Å². The highest BCUT2D eigenvalue weighted by atomic mass is 16.3. The lowest BCUT2D eigenvalue weighted by atomic mass is 9.90. The Morgan fingerprint density at radius 3 is 2.20 bits per heavy atom. The second-order valence-electron chi connectivity index (χ2n) is 5.62. The average molecular weight is 277 g/mol. The Kier molecular flexibility index (Phi) is 6.73. The third kappa shape index (κ3) is 4.34. The molecule has 1 amide bonds. The Morgan fingerprint density at radius 2 is 1.75 bits per heavy atom. The average Bonchev–Trinajstić information content (AvgIpc) is 2.47. The first-order valence-corrected chi connectivity index (χ1v) is 7.55. The van der Waals surface area contributed by atoms with Crippen LogP contribution in [0.4, 0.5) is 0 Å². The van der Waals surface area contributed by atoms with Gasteiger partial charge in [0.25, 0.3) is 0 Å². The number of hydrogen-bond donors (Lipinski definition) is 2. The number of aliphatic hydroxyl groups is 1. The van der Waals surface area contributed by atoms with Gasteiger partial charge in [0, 0.05) is 5.92 Å². The van der Waals surface area contributed by atoms with E-state index in [1.54, 1.807) is 0 Å². The predicted molar refractivity (Wildman–Crippen MR) is 82.3 cm³/mol. The van der Waals surface area contributed by atoms with Crippen LogP contribution >= 0.6 is 0 Å². The van der Waals surface area contributed by atoms with Crippen molar-refractivity contribution >= 4 is 5.91 Å². The second kappa shape index (κ2) is 8.05. The summed E-state index contributed by atoms with van der Waals surface area (Å²) in [6, 6.07) is 9.65. The monoisotopic (exact) mass is 277 g/mol. The largest absolute Gasteiger partial charge is 0.394 e. The second-order valence-corrected chi connectivity index (χ2v) is 5.62. The number of rotatable bonds is 8. The van der Waals surface area contributed by atoms with Crippen LogP contribution in [0.2, 0.25) is 0 Å². The topological polar surface area (TPSA) is 49.3 Å². The van der Waals surface area contributed by atoms with E-state index >= 15 is 0 Å². The Morgan fingerprint density at radius 1 is 1.20 bits per heavy atom. The van der Waals surface area contributed by atoms with Crippen molar-refractivity contribution < 1.29 is 9.90 Å². The summed E-state index contributed by atoms with van der Waals surface area (Å²) in [6.07, 6.45) is 3.80. The van der Waals surface area contributed by atoms with Crippen molar-refractivity contribution in [1.82, 2.24) is 5.32 Å². The number of benzene rings is 1. The van der Waals surface area contributed by atoms with Crippen molar-refractivity contribution in [2.24, 2.45) is 5.92 Å². The Bertz CT molecular complexity index is 399. The highest BCUT2D eigenvalue weighted by Gasteiger charge is 2.30. The van der Waals surface area contributed by atoms with Crippen LogP contribution in [-0.4, -0.2) is 17.6 Å². The van der Waals surface area contributed by atoms with Crippen molar-refractivity contribution in [3.05, 3.63) is 35.9 Å². The molecule has 20 heavy (non-hydrogen) atoms. The number of hydrogen-bond acceptors (Lipinski definition) is 2. The van der Waals surface area contributed by atoms with Crippen LogP contribution < -0.4 is 5.32 Å². The summed E-state index contributed by atoms with van der Waals surface area (Å²) in [5, 5.41) is 12.8. The molecule has 0 fully saturated rings. The van der Waals surface area contributed by atoms with Crippen molar-refractivity contribution in [2.45, 2.75) is 52.0 Å². The lowest BCUT2D eigenvalue weighted by Crippen LogP contribution is -2.48. The summed E-state index contributed by atoms with van der Waals surface area (Å²) in [5.41, 5.74) is 0.223. The minimum absolute atomic E-state index is 0.0413. The van der Waals surface area contributed by atoms with Gasteiger partial charge in [-0.1, -0.05) is 57.0 Å². The SMILES string of the molecule is CCCC(CCC)C(=O)NC(C)(CO)c1ccccc1. The standard InChI is InChI=1S/C17H27NO2/c1-4-9-14(10-5-2)16(20)18-17(3,13-19)15-11-7-6-8-12-15/h6-8,11-12,14,19H,4-5,9-10,13H2,1-3H3,(H,18,20). The molecule has 1 rings (SSSR count). The van der Waals surface area contributed by atoms with E-state index in [2.05, 4.69) is 19.2 Å². The molecule has 1 atom stereocenters. The maximum Gasteiger partial charge on any atom is 0.223 e. The number of amides is 1. The van der Waals surface area contributed by atoms with Crippen molar-refractivity contribution in [1.29, 1.82) is 0 Å². The van der Waals surface area contributed by atoms with Gasteiger partial charge in [-0.3, -0.25) is 4.79 Å². The molecule has 1 aromatic carbocycles. The Hall–Kier alpha value is -1.35. The summed E-state index contributed by atoms with van der Waals surface area (Å²) in [4.78, 5) is 12.4. The molecule has 0 aliphatic rings. The van der Waals surface area contributed by atoms with Crippen LogP contribution in [0, 0.1) is 5.92 Å². The van der Waals surface area contributed by atoms with E-state index in [0.717, 1.165) is 31.2 Å². The zero-order chi connectivity index (χ0) is 15.0. The lowest BCUT2D eigenvalue weighted by Gasteiger charge is -2.31. The fourth-order valence-electron chi connectivity index (χ4n) is 2.49. The Balaban J connectivity index is 2.83. The molecule has 0 saturated carbocycles. The first kappa shape index (κ1) is 16.7. The van der Waals surface area contributed by atoms with E-state index in [4.69, 9.17) is 0 Å². The van der Waals surface area contributed by atoms with Gasteiger partial charge < -0.3 is 10.4 Å². The van der Waals surface area contributed by atoms with Crippen molar-refractivity contribution in [3.8, 4) is 0 Å². The quantitative estimate of drug-likeness (QED) is 0.766. The van der Waals surface area contributed by atoms with E-state index in [0.29, 0.717) is 0 Å². The first-order chi connectivity index (χ1) is 9.57. The molecular formula is C17H27NO2. The minimum atomic E-state index is -0.710. The van der Waals surface area contributed by atoms with Gasteiger partial charge in [-0.05, 0) is 25.3 Å². The highest BCUT2D eigenvalue weighted by Crippen LogP contribution is 2.22. The van der Waals surface area contributed by atoms with Gasteiger partial charge in [0.15, 0.2) is 0 Å². The van der Waals surface area contributed by atoms with Gasteiger partial charge >= 0.3 is 0 Å². The number of carbonyl (C=O) groups excluding carboxylic acids is 1. The molecule has 0 radical (unpaired) electrons. The molecule has 1 aromatic rings. The van der Waals surface area contributed by atoms with Crippen molar-refractivity contribution in [2.75, 3.05) is 6.61 Å². The van der Waals surface area contributed by atoms with Gasteiger partial charge in [-0.25, -0.2) is 0 Å². The maximum atomic E-state index is 12.4. The summed E-state index contributed by atoms with van der Waals surface area (Å²) in [5.74, 6) is 0.0914. The molecule has 112 valence electrons. The third-order valence-electron chi connectivity index (χ3n) is 3.77. The number of nitrogens with one attached hydrogen (secondary N) is 1. The number of aliphatic hydroxyl groups excluding tert-OH is 1. The number of carbonyl (C=O) groups is 1. The zero-order valence-corrected chi connectivity index (χ0v) is 12.9. The van der Waals surface area contributed by atoms with Gasteiger partial charge in [0.1, 0.15) is 0 Å². The smallest absolute Gasteiger partial charge is 0.223 e. The molecule has 0 aliphatic heterocycles. The van der Waals surface area contributed by atoms with Crippen LogP contribution in [0.5, 0.6) is 0 Å². The van der Waals surface area contributed by atoms with Crippen LogP contribution in [0.25, 0.3) is 0 Å². The fourth-order valence-corrected chi connectivity index (χ4v) is 2.49. The summed E-state index contributed by atoms with van der Waals surface area (Å²) in [7, 11) is 0. The Labute approximate surface area is 122 Å².